The van der Waals surface area contributed by atoms with Crippen LogP contribution in [0, 0.1) is 0 Å². The molecular weight excluding hydrogens is 292 g/mol. The van der Waals surface area contributed by atoms with E-state index in [1.807, 2.05) is 34.2 Å². The van der Waals surface area contributed by atoms with Crippen molar-refractivity contribution in [3.63, 3.8) is 0 Å². The fraction of sp³-hybridized carbons (Fsp3) is 0.500. The molecule has 22 heavy (non-hydrogen) atoms. The quantitative estimate of drug-likeness (QED) is 0.527. The number of unbranched alkanes of at least 4 members (excludes halogenated alkanes) is 6. The minimum atomic E-state index is 0.128. The lowest BCUT2D eigenvalue weighted by atomic mass is 10.1. The smallest absolute Gasteiger partial charge is 0.307 e. The largest absolute Gasteiger partial charge is 0.399 e. The van der Waals surface area contributed by atoms with E-state index in [4.69, 9.17) is 5.73 Å². The van der Waals surface area contributed by atoms with Gasteiger partial charge >= 0.3 is 4.87 Å². The monoisotopic (exact) mass is 318 g/mol. The van der Waals surface area contributed by atoms with Gasteiger partial charge in [0.25, 0.3) is 0 Å². The predicted octanol–water partition coefficient (Wildman–Crippen LogP) is 4.91. The van der Waals surface area contributed by atoms with Gasteiger partial charge in [-0.2, -0.15) is 0 Å². The Kier molecular flexibility index (Phi) is 6.72. The third kappa shape index (κ3) is 4.73. The molecule has 0 unspecified atom stereocenters. The molecular formula is C18H26N2OS. The number of anilines is 1. The average molecular weight is 318 g/mol. The normalized spacial score (nSPS) is 11.0. The summed E-state index contributed by atoms with van der Waals surface area (Å²) < 4.78 is 1.89. The summed E-state index contributed by atoms with van der Waals surface area (Å²) in [7, 11) is 0. The number of nitrogen functional groups attached to an aromatic ring is 1. The predicted molar refractivity (Wildman–Crippen MR) is 96.4 cm³/mol. The fourth-order valence-corrected chi connectivity index (χ4v) is 3.49. The molecule has 1 aromatic heterocycles. The van der Waals surface area contributed by atoms with Gasteiger partial charge in [-0.05, 0) is 18.6 Å². The van der Waals surface area contributed by atoms with Gasteiger partial charge in [-0.1, -0.05) is 68.9 Å². The van der Waals surface area contributed by atoms with Crippen molar-refractivity contribution in [1.29, 1.82) is 0 Å². The highest BCUT2D eigenvalue weighted by atomic mass is 32.1. The number of aromatic nitrogens is 1. The minimum Gasteiger partial charge on any atom is -0.399 e. The molecule has 0 aliphatic rings. The Balaban J connectivity index is 1.92. The van der Waals surface area contributed by atoms with Crippen molar-refractivity contribution in [3.8, 4) is 11.3 Å². The second-order valence-corrected chi connectivity index (χ2v) is 6.61. The first kappa shape index (κ1) is 16.8. The molecule has 0 saturated heterocycles. The molecule has 4 heteroatoms. The van der Waals surface area contributed by atoms with Crippen molar-refractivity contribution in [2.24, 2.45) is 0 Å². The van der Waals surface area contributed by atoms with Crippen LogP contribution in [-0.2, 0) is 6.54 Å². The molecule has 0 fully saturated rings. The SMILES string of the molecule is CCCCCCCCCn1c(-c2cccc(N)c2)csc1=O. The zero-order chi connectivity index (χ0) is 15.8. The van der Waals surface area contributed by atoms with Gasteiger partial charge < -0.3 is 5.73 Å². The van der Waals surface area contributed by atoms with Gasteiger partial charge in [-0.15, -0.1) is 0 Å². The van der Waals surface area contributed by atoms with Crippen LogP contribution in [0.5, 0.6) is 0 Å². The van der Waals surface area contributed by atoms with Crippen LogP contribution in [0.25, 0.3) is 11.3 Å². The highest BCUT2D eigenvalue weighted by Gasteiger charge is 2.08. The van der Waals surface area contributed by atoms with Crippen molar-refractivity contribution < 1.29 is 0 Å². The maximum absolute atomic E-state index is 12.1. The number of nitrogens with zero attached hydrogens (tertiary/aromatic N) is 1. The Bertz CT molecular complexity index is 630. The van der Waals surface area contributed by atoms with E-state index in [0.717, 1.165) is 29.9 Å². The highest BCUT2D eigenvalue weighted by molar-refractivity contribution is 7.07. The number of benzene rings is 1. The minimum absolute atomic E-state index is 0.128. The molecule has 0 atom stereocenters. The number of hydrogen-bond donors (Lipinski definition) is 1. The lowest BCUT2D eigenvalue weighted by molar-refractivity contribution is 0.549. The second kappa shape index (κ2) is 8.79. The van der Waals surface area contributed by atoms with Gasteiger partial charge in [0.1, 0.15) is 0 Å². The van der Waals surface area contributed by atoms with Gasteiger partial charge in [-0.25, -0.2) is 0 Å². The Morgan fingerprint density at radius 2 is 1.82 bits per heavy atom. The van der Waals surface area contributed by atoms with Gasteiger partial charge in [0.05, 0.1) is 5.69 Å². The van der Waals surface area contributed by atoms with Crippen LogP contribution in [0.15, 0.2) is 34.4 Å². The topological polar surface area (TPSA) is 48.0 Å². The van der Waals surface area contributed by atoms with E-state index < -0.39 is 0 Å². The molecule has 2 N–H and O–H groups in total. The summed E-state index contributed by atoms with van der Waals surface area (Å²) in [6, 6.07) is 7.75. The molecule has 0 radical (unpaired) electrons. The zero-order valence-corrected chi connectivity index (χ0v) is 14.2. The van der Waals surface area contributed by atoms with Crippen molar-refractivity contribution in [2.75, 3.05) is 5.73 Å². The first-order valence-electron chi connectivity index (χ1n) is 8.26. The third-order valence-electron chi connectivity index (χ3n) is 3.95. The van der Waals surface area contributed by atoms with E-state index in [-0.39, 0.29) is 4.87 Å². The van der Waals surface area contributed by atoms with Crippen LogP contribution in [0.3, 0.4) is 0 Å². The molecule has 3 nitrogen and oxygen atoms in total. The van der Waals surface area contributed by atoms with E-state index in [1.165, 1.54) is 49.9 Å². The van der Waals surface area contributed by atoms with Crippen molar-refractivity contribution in [1.82, 2.24) is 4.57 Å². The number of hydrogen-bond acceptors (Lipinski definition) is 3. The van der Waals surface area contributed by atoms with E-state index in [1.54, 1.807) is 0 Å². The molecule has 0 amide bonds. The van der Waals surface area contributed by atoms with E-state index in [0.29, 0.717) is 0 Å². The lowest BCUT2D eigenvalue weighted by Crippen LogP contribution is -2.14. The van der Waals surface area contributed by atoms with Gasteiger partial charge in [0.2, 0.25) is 0 Å². The Morgan fingerprint density at radius 3 is 2.55 bits per heavy atom. The first-order chi connectivity index (χ1) is 10.7. The summed E-state index contributed by atoms with van der Waals surface area (Å²) in [5.41, 5.74) is 8.61. The van der Waals surface area contributed by atoms with Crippen molar-refractivity contribution >= 4 is 17.0 Å². The van der Waals surface area contributed by atoms with Crippen LogP contribution < -0.4 is 10.6 Å². The van der Waals surface area contributed by atoms with Gasteiger partial charge in [0, 0.05) is 23.2 Å². The molecule has 120 valence electrons. The van der Waals surface area contributed by atoms with Crippen LogP contribution in [0.2, 0.25) is 0 Å². The number of nitrogens with two attached hydrogens (primary N) is 1. The Morgan fingerprint density at radius 1 is 1.09 bits per heavy atom. The summed E-state index contributed by atoms with van der Waals surface area (Å²) >= 11 is 1.27. The van der Waals surface area contributed by atoms with Crippen LogP contribution in [0.1, 0.15) is 51.9 Å². The molecule has 1 aromatic carbocycles. The molecule has 2 aromatic rings. The summed E-state index contributed by atoms with van der Waals surface area (Å²) in [4.78, 5) is 12.2. The molecule has 0 spiro atoms. The summed E-state index contributed by atoms with van der Waals surface area (Å²) in [6.07, 6.45) is 8.81. The van der Waals surface area contributed by atoms with Crippen molar-refractivity contribution in [2.45, 2.75) is 58.4 Å². The zero-order valence-electron chi connectivity index (χ0n) is 13.4. The third-order valence-corrected chi connectivity index (χ3v) is 4.71. The van der Waals surface area contributed by atoms with Crippen molar-refractivity contribution in [3.05, 3.63) is 39.3 Å². The van der Waals surface area contributed by atoms with Gasteiger partial charge in [-0.3, -0.25) is 9.36 Å². The van der Waals surface area contributed by atoms with Gasteiger partial charge in [0.15, 0.2) is 0 Å². The Hall–Kier alpha value is -1.55. The van der Waals surface area contributed by atoms with Crippen LogP contribution >= 0.6 is 11.3 Å². The average Bonchev–Trinajstić information content (AvgIpc) is 2.87. The maximum atomic E-state index is 12.1. The number of thiazole rings is 1. The maximum Gasteiger partial charge on any atom is 0.307 e. The summed E-state index contributed by atoms with van der Waals surface area (Å²) in [5.74, 6) is 0. The first-order valence-corrected chi connectivity index (χ1v) is 9.14. The van der Waals surface area contributed by atoms with E-state index >= 15 is 0 Å². The fourth-order valence-electron chi connectivity index (χ4n) is 2.69. The van der Waals surface area contributed by atoms with Crippen LogP contribution in [0.4, 0.5) is 5.69 Å². The molecule has 0 bridgehead atoms. The molecule has 0 aliphatic carbocycles. The highest BCUT2D eigenvalue weighted by Crippen LogP contribution is 2.22. The number of rotatable bonds is 9. The standard InChI is InChI=1S/C18H26N2OS/c1-2-3-4-5-6-7-8-12-20-17(14-22-18(20)21)15-10-9-11-16(19)13-15/h9-11,13-14H,2-8,12,19H2,1H3. The second-order valence-electron chi connectivity index (χ2n) is 5.79. The van der Waals surface area contributed by atoms with E-state index in [2.05, 4.69) is 6.92 Å². The Labute approximate surface area is 136 Å². The molecule has 1 heterocycles. The summed E-state index contributed by atoms with van der Waals surface area (Å²) in [5, 5.41) is 1.94. The lowest BCUT2D eigenvalue weighted by Gasteiger charge is -2.08. The summed E-state index contributed by atoms with van der Waals surface area (Å²) in [6.45, 7) is 3.04. The molecule has 0 saturated carbocycles. The molecule has 2 rings (SSSR count). The molecule has 0 aliphatic heterocycles. The van der Waals surface area contributed by atoms with E-state index in [9.17, 15) is 4.79 Å². The van der Waals surface area contributed by atoms with Crippen LogP contribution in [-0.4, -0.2) is 4.57 Å².